The van der Waals surface area contributed by atoms with Crippen LogP contribution < -0.4 is 15.4 Å². The van der Waals surface area contributed by atoms with Crippen LogP contribution in [0.4, 0.5) is 5.69 Å². The van der Waals surface area contributed by atoms with E-state index in [-0.39, 0.29) is 24.2 Å². The molecule has 0 heterocycles. The molecule has 100 valence electrons. The van der Waals surface area contributed by atoms with Crippen LogP contribution in [0.5, 0.6) is 11.5 Å². The SMILES string of the molecule is CCC(C)NCC(=O)Nc1cc(OC)ccc1O. The minimum Gasteiger partial charge on any atom is -0.506 e. The summed E-state index contributed by atoms with van der Waals surface area (Å²) in [6.07, 6.45) is 0.956. The molecule has 1 aromatic rings. The van der Waals surface area contributed by atoms with E-state index in [1.165, 1.54) is 13.2 Å². The van der Waals surface area contributed by atoms with E-state index in [0.29, 0.717) is 11.4 Å². The second-order valence-electron chi connectivity index (χ2n) is 4.12. The zero-order chi connectivity index (χ0) is 13.5. The van der Waals surface area contributed by atoms with Gasteiger partial charge in [-0.2, -0.15) is 0 Å². The van der Waals surface area contributed by atoms with Crippen LogP contribution in [0, 0.1) is 0 Å². The van der Waals surface area contributed by atoms with Gasteiger partial charge in [0.05, 0.1) is 19.3 Å². The summed E-state index contributed by atoms with van der Waals surface area (Å²) >= 11 is 0. The number of phenolic OH excluding ortho intramolecular Hbond substituents is 1. The highest BCUT2D eigenvalue weighted by molar-refractivity contribution is 5.93. The van der Waals surface area contributed by atoms with Crippen LogP contribution in [-0.4, -0.2) is 30.7 Å². The Hall–Kier alpha value is -1.75. The highest BCUT2D eigenvalue weighted by Crippen LogP contribution is 2.27. The lowest BCUT2D eigenvalue weighted by Crippen LogP contribution is -2.33. The minimum absolute atomic E-state index is 0.0210. The predicted octanol–water partition coefficient (Wildman–Crippen LogP) is 1.73. The summed E-state index contributed by atoms with van der Waals surface area (Å²) in [5.41, 5.74) is 0.352. The van der Waals surface area contributed by atoms with E-state index in [1.54, 1.807) is 12.1 Å². The van der Waals surface area contributed by atoms with Crippen LogP contribution in [0.2, 0.25) is 0 Å². The van der Waals surface area contributed by atoms with Crippen LogP contribution in [0.3, 0.4) is 0 Å². The number of aromatic hydroxyl groups is 1. The first-order valence-electron chi connectivity index (χ1n) is 5.97. The Bertz CT molecular complexity index is 407. The molecule has 1 unspecified atom stereocenters. The Balaban J connectivity index is 2.58. The van der Waals surface area contributed by atoms with E-state index in [0.717, 1.165) is 6.42 Å². The fraction of sp³-hybridized carbons (Fsp3) is 0.462. The molecule has 0 aliphatic carbocycles. The number of amides is 1. The Kier molecular flexibility index (Phi) is 5.45. The van der Waals surface area contributed by atoms with Gasteiger partial charge in [0.15, 0.2) is 0 Å². The number of hydrogen-bond acceptors (Lipinski definition) is 4. The van der Waals surface area contributed by atoms with Gasteiger partial charge in [-0.05, 0) is 25.5 Å². The van der Waals surface area contributed by atoms with E-state index < -0.39 is 0 Å². The van der Waals surface area contributed by atoms with Crippen LogP contribution in [0.1, 0.15) is 20.3 Å². The number of methoxy groups -OCH3 is 1. The van der Waals surface area contributed by atoms with Crippen molar-refractivity contribution in [1.29, 1.82) is 0 Å². The summed E-state index contributed by atoms with van der Waals surface area (Å²) in [7, 11) is 1.53. The molecule has 1 aromatic carbocycles. The second kappa shape index (κ2) is 6.86. The molecular formula is C13H20N2O3. The smallest absolute Gasteiger partial charge is 0.238 e. The predicted molar refractivity (Wildman–Crippen MR) is 71.0 cm³/mol. The van der Waals surface area contributed by atoms with Gasteiger partial charge in [-0.25, -0.2) is 0 Å². The molecule has 0 fully saturated rings. The molecule has 0 spiro atoms. The first kappa shape index (κ1) is 14.3. The summed E-state index contributed by atoms with van der Waals surface area (Å²) in [4.78, 5) is 11.7. The van der Waals surface area contributed by atoms with Gasteiger partial charge in [-0.1, -0.05) is 6.92 Å². The molecule has 3 N–H and O–H groups in total. The fourth-order valence-corrected chi connectivity index (χ4v) is 1.35. The zero-order valence-electron chi connectivity index (χ0n) is 11.0. The van der Waals surface area contributed by atoms with Crippen molar-refractivity contribution in [3.8, 4) is 11.5 Å². The average molecular weight is 252 g/mol. The number of nitrogens with one attached hydrogen (secondary N) is 2. The number of anilines is 1. The van der Waals surface area contributed by atoms with Crippen molar-refractivity contribution in [1.82, 2.24) is 5.32 Å². The highest BCUT2D eigenvalue weighted by Gasteiger charge is 2.08. The summed E-state index contributed by atoms with van der Waals surface area (Å²) < 4.78 is 5.03. The van der Waals surface area contributed by atoms with Crippen molar-refractivity contribution < 1.29 is 14.6 Å². The third-order valence-electron chi connectivity index (χ3n) is 2.70. The number of hydrogen-bond donors (Lipinski definition) is 3. The van der Waals surface area contributed by atoms with Gasteiger partial charge in [0.1, 0.15) is 11.5 Å². The van der Waals surface area contributed by atoms with Crippen LogP contribution in [-0.2, 0) is 4.79 Å². The number of rotatable bonds is 6. The van der Waals surface area contributed by atoms with Crippen molar-refractivity contribution in [2.45, 2.75) is 26.3 Å². The topological polar surface area (TPSA) is 70.6 Å². The van der Waals surface area contributed by atoms with Gasteiger partial charge < -0.3 is 20.5 Å². The van der Waals surface area contributed by atoms with E-state index >= 15 is 0 Å². The molecule has 0 aliphatic rings. The van der Waals surface area contributed by atoms with Gasteiger partial charge in [-0.15, -0.1) is 0 Å². The monoisotopic (exact) mass is 252 g/mol. The molecule has 0 aliphatic heterocycles. The second-order valence-corrected chi connectivity index (χ2v) is 4.12. The molecule has 1 amide bonds. The Labute approximate surface area is 107 Å². The fourth-order valence-electron chi connectivity index (χ4n) is 1.35. The molecule has 0 radical (unpaired) electrons. The van der Waals surface area contributed by atoms with E-state index in [9.17, 15) is 9.90 Å². The maximum Gasteiger partial charge on any atom is 0.238 e. The van der Waals surface area contributed by atoms with Gasteiger partial charge in [0.2, 0.25) is 5.91 Å². The third-order valence-corrected chi connectivity index (χ3v) is 2.70. The molecule has 0 saturated heterocycles. The minimum atomic E-state index is -0.196. The number of carbonyl (C=O) groups excluding carboxylic acids is 1. The van der Waals surface area contributed by atoms with Gasteiger partial charge in [0, 0.05) is 12.1 Å². The van der Waals surface area contributed by atoms with Crippen molar-refractivity contribution in [3.05, 3.63) is 18.2 Å². The Morgan fingerprint density at radius 3 is 2.83 bits per heavy atom. The van der Waals surface area contributed by atoms with Crippen LogP contribution >= 0.6 is 0 Å². The number of ether oxygens (including phenoxy) is 1. The molecule has 5 nitrogen and oxygen atoms in total. The molecule has 0 saturated carbocycles. The maximum atomic E-state index is 11.7. The van der Waals surface area contributed by atoms with Gasteiger partial charge >= 0.3 is 0 Å². The van der Waals surface area contributed by atoms with Crippen molar-refractivity contribution in [2.75, 3.05) is 19.0 Å². The average Bonchev–Trinajstić information content (AvgIpc) is 2.38. The summed E-state index contributed by atoms with van der Waals surface area (Å²) in [6.45, 7) is 4.27. The molecule has 0 bridgehead atoms. The zero-order valence-corrected chi connectivity index (χ0v) is 11.0. The molecule has 1 atom stereocenters. The molecule has 5 heteroatoms. The number of carbonyl (C=O) groups is 1. The lowest BCUT2D eigenvalue weighted by molar-refractivity contribution is -0.115. The van der Waals surface area contributed by atoms with Crippen molar-refractivity contribution in [3.63, 3.8) is 0 Å². The lowest BCUT2D eigenvalue weighted by Gasteiger charge is -2.12. The maximum absolute atomic E-state index is 11.7. The lowest BCUT2D eigenvalue weighted by atomic mass is 10.2. The van der Waals surface area contributed by atoms with Crippen LogP contribution in [0.15, 0.2) is 18.2 Å². The third kappa shape index (κ3) is 4.25. The summed E-state index contributed by atoms with van der Waals surface area (Å²) in [5.74, 6) is 0.407. The first-order valence-corrected chi connectivity index (χ1v) is 5.97. The summed E-state index contributed by atoms with van der Waals surface area (Å²) in [6, 6.07) is 4.98. The molecular weight excluding hydrogens is 232 g/mol. The normalized spacial score (nSPS) is 11.9. The van der Waals surface area contributed by atoms with E-state index in [4.69, 9.17) is 4.74 Å². The standard InChI is InChI=1S/C13H20N2O3/c1-4-9(2)14-8-13(17)15-11-7-10(18-3)5-6-12(11)16/h5-7,9,14,16H,4,8H2,1-3H3,(H,15,17). The number of benzene rings is 1. The van der Waals surface area contributed by atoms with Gasteiger partial charge in [0.25, 0.3) is 0 Å². The van der Waals surface area contributed by atoms with Gasteiger partial charge in [-0.3, -0.25) is 4.79 Å². The van der Waals surface area contributed by atoms with Crippen molar-refractivity contribution in [2.24, 2.45) is 0 Å². The molecule has 1 rings (SSSR count). The Morgan fingerprint density at radius 1 is 1.50 bits per heavy atom. The Morgan fingerprint density at radius 2 is 2.22 bits per heavy atom. The van der Waals surface area contributed by atoms with E-state index in [1.807, 2.05) is 13.8 Å². The molecule has 18 heavy (non-hydrogen) atoms. The van der Waals surface area contributed by atoms with E-state index in [2.05, 4.69) is 10.6 Å². The van der Waals surface area contributed by atoms with Crippen LogP contribution in [0.25, 0.3) is 0 Å². The highest BCUT2D eigenvalue weighted by atomic mass is 16.5. The quantitative estimate of drug-likeness (QED) is 0.674. The largest absolute Gasteiger partial charge is 0.506 e. The molecule has 0 aromatic heterocycles. The summed E-state index contributed by atoms with van der Waals surface area (Å²) in [5, 5.41) is 15.3. The van der Waals surface area contributed by atoms with Crippen molar-refractivity contribution >= 4 is 11.6 Å². The number of phenols is 1. The first-order chi connectivity index (χ1) is 8.56.